The molecule has 1 saturated heterocycles. The summed E-state index contributed by atoms with van der Waals surface area (Å²) in [5, 5.41) is 1.96. The molecule has 1 aliphatic rings. The number of ketones is 1. The van der Waals surface area contributed by atoms with Crippen molar-refractivity contribution in [2.24, 2.45) is 11.8 Å². The number of likely N-dealkylation sites (tertiary alicyclic amines) is 1. The van der Waals surface area contributed by atoms with Gasteiger partial charge >= 0.3 is 0 Å². The van der Waals surface area contributed by atoms with Crippen molar-refractivity contribution in [3.8, 4) is 0 Å². The molecule has 4 heteroatoms. The van der Waals surface area contributed by atoms with Crippen molar-refractivity contribution in [2.45, 2.75) is 20.3 Å². The van der Waals surface area contributed by atoms with Gasteiger partial charge in [0.25, 0.3) is 0 Å². The molecule has 0 saturated carbocycles. The van der Waals surface area contributed by atoms with Gasteiger partial charge < -0.3 is 0 Å². The lowest BCUT2D eigenvalue weighted by Gasteiger charge is -2.16. The first-order valence-corrected chi connectivity index (χ1v) is 7.73. The highest BCUT2D eigenvalue weighted by atomic mass is 79.9. The normalized spacial score (nSPS) is 21.3. The summed E-state index contributed by atoms with van der Waals surface area (Å²) >= 11 is 4.95. The van der Waals surface area contributed by atoms with E-state index in [1.165, 1.54) is 17.8 Å². The number of rotatable bonds is 4. The highest BCUT2D eigenvalue weighted by Crippen LogP contribution is 2.26. The van der Waals surface area contributed by atoms with E-state index in [2.05, 4.69) is 34.7 Å². The Morgan fingerprint density at radius 2 is 2.41 bits per heavy atom. The van der Waals surface area contributed by atoms with E-state index in [9.17, 15) is 4.79 Å². The first kappa shape index (κ1) is 13.2. The molecule has 0 amide bonds. The molecular formula is C13H18BrNOS. The molecule has 0 aromatic carbocycles. The standard InChI is InChI=1S/C13H18BrNOS/c1-9(2)10-3-5-15(7-10)8-12(16)13-11(14)4-6-17-13/h4,6,9-10H,3,5,7-8H2,1-2H3. The minimum atomic E-state index is 0.247. The van der Waals surface area contributed by atoms with Crippen LogP contribution >= 0.6 is 27.3 Å². The summed E-state index contributed by atoms with van der Waals surface area (Å²) < 4.78 is 0.937. The van der Waals surface area contributed by atoms with E-state index >= 15 is 0 Å². The van der Waals surface area contributed by atoms with Gasteiger partial charge in [-0.15, -0.1) is 11.3 Å². The Balaban J connectivity index is 1.91. The van der Waals surface area contributed by atoms with E-state index in [0.717, 1.165) is 34.3 Å². The molecule has 0 radical (unpaired) electrons. The van der Waals surface area contributed by atoms with E-state index in [-0.39, 0.29) is 5.78 Å². The Hall–Kier alpha value is -0.190. The van der Waals surface area contributed by atoms with Gasteiger partial charge in [-0.05, 0) is 52.2 Å². The lowest BCUT2D eigenvalue weighted by molar-refractivity contribution is 0.0945. The largest absolute Gasteiger partial charge is 0.295 e. The number of carbonyl (C=O) groups is 1. The van der Waals surface area contributed by atoms with Gasteiger partial charge in [0.1, 0.15) is 0 Å². The Kier molecular flexibility index (Phi) is 4.39. The fourth-order valence-electron chi connectivity index (χ4n) is 2.32. The molecule has 1 unspecified atom stereocenters. The van der Waals surface area contributed by atoms with Crippen molar-refractivity contribution < 1.29 is 4.79 Å². The zero-order valence-electron chi connectivity index (χ0n) is 10.3. The highest BCUT2D eigenvalue weighted by molar-refractivity contribution is 9.10. The van der Waals surface area contributed by atoms with Gasteiger partial charge in [-0.2, -0.15) is 0 Å². The van der Waals surface area contributed by atoms with Crippen LogP contribution in [0.4, 0.5) is 0 Å². The van der Waals surface area contributed by atoms with Crippen molar-refractivity contribution in [3.05, 3.63) is 20.8 Å². The first-order valence-electron chi connectivity index (χ1n) is 6.06. The van der Waals surface area contributed by atoms with Gasteiger partial charge in [-0.25, -0.2) is 0 Å². The van der Waals surface area contributed by atoms with E-state index in [4.69, 9.17) is 0 Å². The molecule has 1 aromatic heterocycles. The lowest BCUT2D eigenvalue weighted by atomic mass is 9.95. The Labute approximate surface area is 115 Å². The molecule has 2 rings (SSSR count). The average molecular weight is 316 g/mol. The molecule has 1 aliphatic heterocycles. The minimum Gasteiger partial charge on any atom is -0.295 e. The average Bonchev–Trinajstić information content (AvgIpc) is 2.86. The second kappa shape index (κ2) is 5.63. The zero-order valence-corrected chi connectivity index (χ0v) is 12.7. The summed E-state index contributed by atoms with van der Waals surface area (Å²) in [6, 6.07) is 1.94. The summed E-state index contributed by atoms with van der Waals surface area (Å²) in [6.07, 6.45) is 1.23. The van der Waals surface area contributed by atoms with Crippen molar-refractivity contribution in [3.63, 3.8) is 0 Å². The summed E-state index contributed by atoms with van der Waals surface area (Å²) in [5.74, 6) is 1.73. The second-order valence-corrected chi connectivity index (χ2v) is 6.82. The Morgan fingerprint density at radius 3 is 2.94 bits per heavy atom. The quantitative estimate of drug-likeness (QED) is 0.790. The van der Waals surface area contributed by atoms with Crippen LogP contribution in [-0.2, 0) is 0 Å². The number of hydrogen-bond donors (Lipinski definition) is 0. The molecule has 1 aromatic rings. The van der Waals surface area contributed by atoms with Crippen LogP contribution in [0.2, 0.25) is 0 Å². The van der Waals surface area contributed by atoms with Crippen LogP contribution in [0.5, 0.6) is 0 Å². The second-order valence-electron chi connectivity index (χ2n) is 5.05. The van der Waals surface area contributed by atoms with Gasteiger partial charge in [0.15, 0.2) is 5.78 Å². The topological polar surface area (TPSA) is 20.3 Å². The third-order valence-electron chi connectivity index (χ3n) is 3.49. The fourth-order valence-corrected chi connectivity index (χ4v) is 3.84. The number of nitrogens with zero attached hydrogens (tertiary/aromatic N) is 1. The number of carbonyl (C=O) groups excluding carboxylic acids is 1. The molecule has 1 atom stereocenters. The Bertz CT molecular complexity index is 402. The number of halogens is 1. The van der Waals surface area contributed by atoms with Crippen molar-refractivity contribution in [2.75, 3.05) is 19.6 Å². The van der Waals surface area contributed by atoms with Gasteiger partial charge in [-0.3, -0.25) is 9.69 Å². The van der Waals surface area contributed by atoms with E-state index in [1.807, 2.05) is 11.4 Å². The van der Waals surface area contributed by atoms with Crippen LogP contribution in [-0.4, -0.2) is 30.3 Å². The van der Waals surface area contributed by atoms with E-state index < -0.39 is 0 Å². The monoisotopic (exact) mass is 315 g/mol. The van der Waals surface area contributed by atoms with Crippen LogP contribution in [0, 0.1) is 11.8 Å². The van der Waals surface area contributed by atoms with Gasteiger partial charge in [0.05, 0.1) is 11.4 Å². The summed E-state index contributed by atoms with van der Waals surface area (Å²) in [5.41, 5.74) is 0. The molecule has 17 heavy (non-hydrogen) atoms. The molecule has 0 spiro atoms. The van der Waals surface area contributed by atoms with Gasteiger partial charge in [-0.1, -0.05) is 13.8 Å². The highest BCUT2D eigenvalue weighted by Gasteiger charge is 2.26. The van der Waals surface area contributed by atoms with Gasteiger partial charge in [0.2, 0.25) is 0 Å². The predicted octanol–water partition coefficient (Wildman–Crippen LogP) is 3.67. The SMILES string of the molecule is CC(C)C1CCN(CC(=O)c2sccc2Br)C1. The van der Waals surface area contributed by atoms with Crippen LogP contribution < -0.4 is 0 Å². The van der Waals surface area contributed by atoms with Crippen LogP contribution in [0.3, 0.4) is 0 Å². The zero-order chi connectivity index (χ0) is 12.4. The molecule has 2 nitrogen and oxygen atoms in total. The maximum Gasteiger partial charge on any atom is 0.187 e. The summed E-state index contributed by atoms with van der Waals surface area (Å²) in [7, 11) is 0. The van der Waals surface area contributed by atoms with Crippen LogP contribution in [0.15, 0.2) is 15.9 Å². The molecule has 94 valence electrons. The minimum absolute atomic E-state index is 0.247. The lowest BCUT2D eigenvalue weighted by Crippen LogP contribution is -2.28. The predicted molar refractivity (Wildman–Crippen MR) is 75.7 cm³/mol. The third kappa shape index (κ3) is 3.18. The Morgan fingerprint density at radius 1 is 1.65 bits per heavy atom. The maximum atomic E-state index is 12.1. The van der Waals surface area contributed by atoms with Gasteiger partial charge in [0, 0.05) is 11.0 Å². The van der Waals surface area contributed by atoms with E-state index in [0.29, 0.717) is 6.54 Å². The maximum absolute atomic E-state index is 12.1. The van der Waals surface area contributed by atoms with E-state index in [1.54, 1.807) is 0 Å². The van der Waals surface area contributed by atoms with Crippen molar-refractivity contribution in [1.82, 2.24) is 4.90 Å². The van der Waals surface area contributed by atoms with Crippen LogP contribution in [0.25, 0.3) is 0 Å². The smallest absolute Gasteiger partial charge is 0.187 e. The molecule has 0 N–H and O–H groups in total. The summed E-state index contributed by atoms with van der Waals surface area (Å²) in [4.78, 5) is 15.2. The molecule has 2 heterocycles. The van der Waals surface area contributed by atoms with Crippen molar-refractivity contribution in [1.29, 1.82) is 0 Å². The first-order chi connectivity index (χ1) is 8.08. The summed E-state index contributed by atoms with van der Waals surface area (Å²) in [6.45, 7) is 7.25. The number of hydrogen-bond acceptors (Lipinski definition) is 3. The van der Waals surface area contributed by atoms with Crippen molar-refractivity contribution >= 4 is 33.0 Å². The molecule has 0 bridgehead atoms. The molecule has 0 aliphatic carbocycles. The van der Waals surface area contributed by atoms with Crippen LogP contribution in [0.1, 0.15) is 29.9 Å². The fraction of sp³-hybridized carbons (Fsp3) is 0.615. The molecular weight excluding hydrogens is 298 g/mol. The number of thiophene rings is 1. The molecule has 1 fully saturated rings. The number of Topliss-reactive ketones (excluding diaryl/α,β-unsaturated/α-hetero) is 1. The third-order valence-corrected chi connectivity index (χ3v) is 5.37.